The quantitative estimate of drug-likeness (QED) is 0.404. The molecule has 0 aliphatic carbocycles. The Bertz CT molecular complexity index is 1360. The van der Waals surface area contributed by atoms with Crippen LogP contribution in [0.1, 0.15) is 54.2 Å². The average Bonchev–Trinajstić information content (AvgIpc) is 2.79. The Morgan fingerprint density at radius 3 is 2.32 bits per heavy atom. The van der Waals surface area contributed by atoms with Gasteiger partial charge in [-0.2, -0.15) is 0 Å². The van der Waals surface area contributed by atoms with Gasteiger partial charge >= 0.3 is 0 Å². The number of pyridine rings is 1. The topological polar surface area (TPSA) is 73.2 Å². The molecule has 1 heterocycles. The molecular formula is C27H30FNO4S. The lowest BCUT2D eigenvalue weighted by Gasteiger charge is -2.17. The number of halogens is 1. The van der Waals surface area contributed by atoms with E-state index in [1.807, 2.05) is 0 Å². The average molecular weight is 484 g/mol. The van der Waals surface area contributed by atoms with Crippen LogP contribution in [0.5, 0.6) is 0 Å². The number of hydrogen-bond donors (Lipinski definition) is 0. The first-order chi connectivity index (χ1) is 16.0. The van der Waals surface area contributed by atoms with Crippen LogP contribution in [0.15, 0.2) is 59.5 Å². The maximum atomic E-state index is 13.4. The van der Waals surface area contributed by atoms with E-state index < -0.39 is 15.7 Å². The Morgan fingerprint density at radius 2 is 1.71 bits per heavy atom. The zero-order valence-electron chi connectivity index (χ0n) is 20.0. The van der Waals surface area contributed by atoms with E-state index in [1.165, 1.54) is 28.8 Å². The molecule has 0 N–H and O–H groups in total. The van der Waals surface area contributed by atoms with E-state index >= 15 is 0 Å². The Kier molecular flexibility index (Phi) is 7.87. The second-order valence-corrected chi connectivity index (χ2v) is 11.3. The molecule has 0 radical (unpaired) electrons. The third-order valence-corrected chi connectivity index (χ3v) is 7.51. The fraction of sp³-hybridized carbons (Fsp3) is 0.333. The summed E-state index contributed by atoms with van der Waals surface area (Å²) in [5.41, 5.74) is 3.19. The lowest BCUT2D eigenvalue weighted by atomic mass is 9.89. The molecule has 180 valence electrons. The lowest BCUT2D eigenvalue weighted by Crippen LogP contribution is -2.17. The monoisotopic (exact) mass is 483 g/mol. The van der Waals surface area contributed by atoms with Crippen LogP contribution in [0.2, 0.25) is 0 Å². The molecule has 0 bridgehead atoms. The van der Waals surface area contributed by atoms with Gasteiger partial charge in [-0.3, -0.25) is 9.59 Å². The van der Waals surface area contributed by atoms with Crippen LogP contribution in [-0.4, -0.2) is 24.5 Å². The number of aromatic nitrogens is 1. The van der Waals surface area contributed by atoms with Crippen molar-refractivity contribution in [2.45, 2.75) is 39.4 Å². The maximum absolute atomic E-state index is 13.4. The van der Waals surface area contributed by atoms with E-state index in [9.17, 15) is 22.4 Å². The molecule has 7 heteroatoms. The number of ketones is 1. The molecule has 0 unspecified atom stereocenters. The molecule has 0 aliphatic heterocycles. The van der Waals surface area contributed by atoms with E-state index in [0.717, 1.165) is 12.0 Å². The van der Waals surface area contributed by atoms with Gasteiger partial charge in [0.1, 0.15) is 5.82 Å². The minimum atomic E-state index is -3.29. The summed E-state index contributed by atoms with van der Waals surface area (Å²) in [6, 6.07) is 11.9. The number of carbonyl (C=O) groups is 1. The van der Waals surface area contributed by atoms with Gasteiger partial charge in [-0.05, 0) is 65.8 Å². The summed E-state index contributed by atoms with van der Waals surface area (Å²) in [7, 11) is -1.65. The number of rotatable bonds is 9. The zero-order chi connectivity index (χ0) is 25.0. The van der Waals surface area contributed by atoms with Crippen LogP contribution < -0.4 is 5.56 Å². The highest BCUT2D eigenvalue weighted by Crippen LogP contribution is 2.31. The van der Waals surface area contributed by atoms with E-state index in [2.05, 4.69) is 13.8 Å². The van der Waals surface area contributed by atoms with Crippen molar-refractivity contribution in [3.8, 4) is 11.1 Å². The fourth-order valence-electron chi connectivity index (χ4n) is 3.78. The Morgan fingerprint density at radius 1 is 1.03 bits per heavy atom. The fourth-order valence-corrected chi connectivity index (χ4v) is 4.67. The second kappa shape index (κ2) is 10.5. The molecule has 0 amide bonds. The van der Waals surface area contributed by atoms with Crippen LogP contribution in [0, 0.1) is 11.7 Å². The zero-order valence-corrected chi connectivity index (χ0v) is 20.8. The predicted octanol–water partition coefficient (Wildman–Crippen LogP) is 4.95. The second-order valence-electron chi connectivity index (χ2n) is 8.99. The van der Waals surface area contributed by atoms with Gasteiger partial charge in [-0.15, -0.1) is 0 Å². The number of benzene rings is 2. The van der Waals surface area contributed by atoms with Crippen molar-refractivity contribution in [2.24, 2.45) is 13.0 Å². The molecule has 0 spiro atoms. The summed E-state index contributed by atoms with van der Waals surface area (Å²) in [4.78, 5) is 25.8. The minimum Gasteiger partial charge on any atom is -0.318 e. The molecular weight excluding hydrogens is 453 g/mol. The van der Waals surface area contributed by atoms with Crippen molar-refractivity contribution in [3.63, 3.8) is 0 Å². The third kappa shape index (κ3) is 6.08. The number of sulfone groups is 1. The van der Waals surface area contributed by atoms with Crippen LogP contribution in [0.3, 0.4) is 0 Å². The Hall–Kier alpha value is -3.06. The van der Waals surface area contributed by atoms with Gasteiger partial charge in [0.15, 0.2) is 15.6 Å². The third-order valence-electron chi connectivity index (χ3n) is 5.86. The summed E-state index contributed by atoms with van der Waals surface area (Å²) in [6.45, 7) is 5.79. The van der Waals surface area contributed by atoms with Gasteiger partial charge in [0.05, 0.1) is 5.75 Å². The predicted molar refractivity (Wildman–Crippen MR) is 133 cm³/mol. The molecule has 1 aromatic heterocycles. The summed E-state index contributed by atoms with van der Waals surface area (Å²) in [6.07, 6.45) is 3.20. The Labute approximate surface area is 200 Å². The van der Waals surface area contributed by atoms with Crippen molar-refractivity contribution in [1.82, 2.24) is 4.57 Å². The van der Waals surface area contributed by atoms with Gasteiger partial charge in [0, 0.05) is 41.8 Å². The van der Waals surface area contributed by atoms with Crippen LogP contribution >= 0.6 is 0 Å². The number of aryl methyl sites for hydroxylation is 2. The van der Waals surface area contributed by atoms with Gasteiger partial charge in [0.25, 0.3) is 5.56 Å². The molecule has 34 heavy (non-hydrogen) atoms. The molecule has 0 saturated carbocycles. The highest BCUT2D eigenvalue weighted by molar-refractivity contribution is 7.90. The molecule has 0 saturated heterocycles. The van der Waals surface area contributed by atoms with Crippen molar-refractivity contribution in [3.05, 3.63) is 93.2 Å². The molecule has 3 aromatic rings. The molecule has 0 atom stereocenters. The van der Waals surface area contributed by atoms with E-state index in [0.29, 0.717) is 40.2 Å². The smallest absolute Gasteiger partial charge is 0.250 e. The summed E-state index contributed by atoms with van der Waals surface area (Å²) in [5, 5.41) is 0. The van der Waals surface area contributed by atoms with Crippen LogP contribution in [-0.2, 0) is 29.1 Å². The van der Waals surface area contributed by atoms with E-state index in [4.69, 9.17) is 0 Å². The first-order valence-electron chi connectivity index (χ1n) is 11.3. The van der Waals surface area contributed by atoms with Crippen molar-refractivity contribution < 1.29 is 17.6 Å². The highest BCUT2D eigenvalue weighted by Gasteiger charge is 2.20. The number of hydrogen-bond acceptors (Lipinski definition) is 4. The molecule has 5 nitrogen and oxygen atoms in total. The van der Waals surface area contributed by atoms with Gasteiger partial charge in [-0.25, -0.2) is 12.8 Å². The van der Waals surface area contributed by atoms with Gasteiger partial charge in [-0.1, -0.05) is 32.9 Å². The first kappa shape index (κ1) is 25.6. The largest absolute Gasteiger partial charge is 0.318 e. The maximum Gasteiger partial charge on any atom is 0.250 e. The molecule has 3 rings (SSSR count). The standard InChI is InChI=1S/C27H30FNO4S/c1-5-34(32,33)17-19-7-13-23(27(31)20-9-11-22(28)12-10-20)24(14-19)25-16-29(4)26(30)15-21(25)8-6-18(2)3/h7,9-16,18H,5-6,8,17H2,1-4H3. The Balaban J connectivity index is 2.24. The number of nitrogens with zero attached hydrogens (tertiary/aromatic N) is 1. The van der Waals surface area contributed by atoms with E-state index in [1.54, 1.807) is 44.4 Å². The first-order valence-corrected chi connectivity index (χ1v) is 13.2. The van der Waals surface area contributed by atoms with E-state index in [-0.39, 0.29) is 22.8 Å². The summed E-state index contributed by atoms with van der Waals surface area (Å²) in [5.74, 6) is -0.458. The van der Waals surface area contributed by atoms with Crippen molar-refractivity contribution in [1.29, 1.82) is 0 Å². The lowest BCUT2D eigenvalue weighted by molar-refractivity contribution is 0.103. The summed E-state index contributed by atoms with van der Waals surface area (Å²) < 4.78 is 39.4. The SMILES string of the molecule is CCS(=O)(=O)Cc1ccc(C(=O)c2ccc(F)cc2)c(-c2cn(C)c(=O)cc2CCC(C)C)c1. The van der Waals surface area contributed by atoms with Crippen molar-refractivity contribution in [2.75, 3.05) is 5.75 Å². The molecule has 2 aromatic carbocycles. The van der Waals surface area contributed by atoms with Gasteiger partial charge < -0.3 is 4.57 Å². The van der Waals surface area contributed by atoms with Crippen molar-refractivity contribution >= 4 is 15.6 Å². The van der Waals surface area contributed by atoms with Crippen LogP contribution in [0.25, 0.3) is 11.1 Å². The van der Waals surface area contributed by atoms with Crippen LogP contribution in [0.4, 0.5) is 4.39 Å². The number of carbonyl (C=O) groups excluding carboxylic acids is 1. The highest BCUT2D eigenvalue weighted by atomic mass is 32.2. The normalized spacial score (nSPS) is 11.7. The molecule has 0 fully saturated rings. The molecule has 0 aliphatic rings. The minimum absolute atomic E-state index is 0.0120. The summed E-state index contributed by atoms with van der Waals surface area (Å²) >= 11 is 0. The van der Waals surface area contributed by atoms with Gasteiger partial charge in [0.2, 0.25) is 0 Å².